The van der Waals surface area contributed by atoms with Gasteiger partial charge in [-0.1, -0.05) is 12.1 Å². The van der Waals surface area contributed by atoms with Gasteiger partial charge in [0.05, 0.1) is 23.8 Å². The smallest absolute Gasteiger partial charge is 0.232 e. The highest BCUT2D eigenvalue weighted by Gasteiger charge is 2.13. The van der Waals surface area contributed by atoms with Crippen molar-refractivity contribution in [2.24, 2.45) is 7.05 Å². The molecule has 0 aliphatic rings. The van der Waals surface area contributed by atoms with Crippen LogP contribution in [-0.2, 0) is 17.1 Å². The van der Waals surface area contributed by atoms with E-state index in [1.54, 1.807) is 48.3 Å². The first kappa shape index (κ1) is 16.3. The molecule has 8 heteroatoms. The molecule has 0 unspecified atom stereocenters. The third kappa shape index (κ3) is 4.73. The van der Waals surface area contributed by atoms with Crippen molar-refractivity contribution in [1.82, 2.24) is 9.78 Å². The van der Waals surface area contributed by atoms with Gasteiger partial charge in [0.1, 0.15) is 0 Å². The number of rotatable bonds is 8. The largest absolute Gasteiger partial charge is 0.337 e. The lowest BCUT2D eigenvalue weighted by Gasteiger charge is -2.13. The van der Waals surface area contributed by atoms with Gasteiger partial charge in [-0.15, -0.1) is 0 Å². The van der Waals surface area contributed by atoms with Crippen molar-refractivity contribution in [3.63, 3.8) is 0 Å². The zero-order valence-electron chi connectivity index (χ0n) is 12.3. The molecule has 0 amide bonds. The molecule has 2 N–H and O–H groups in total. The molecule has 0 bridgehead atoms. The van der Waals surface area contributed by atoms with Crippen LogP contribution in [0.5, 0.6) is 0 Å². The average molecular weight is 326 g/mol. The zero-order valence-corrected chi connectivity index (χ0v) is 13.1. The van der Waals surface area contributed by atoms with Crippen molar-refractivity contribution < 1.29 is 12.8 Å². The number of sulfonamides is 1. The van der Waals surface area contributed by atoms with Crippen LogP contribution in [-0.4, -0.2) is 30.6 Å². The minimum Gasteiger partial charge on any atom is -0.337 e. The summed E-state index contributed by atoms with van der Waals surface area (Å²) in [5.41, 5.74) is 1.05. The summed E-state index contributed by atoms with van der Waals surface area (Å²) in [4.78, 5) is 0. The maximum Gasteiger partial charge on any atom is 0.232 e. The van der Waals surface area contributed by atoms with Crippen LogP contribution in [0.1, 0.15) is 12.8 Å². The van der Waals surface area contributed by atoms with Gasteiger partial charge in [0.25, 0.3) is 0 Å². The first-order chi connectivity index (χ1) is 10.5. The number of unbranched alkanes of at least 4 members (excludes halogenated alkanes) is 1. The number of alkyl halides is 1. The lowest BCUT2D eigenvalue weighted by Crippen LogP contribution is -2.17. The molecule has 0 saturated carbocycles. The van der Waals surface area contributed by atoms with Gasteiger partial charge in [-0.3, -0.25) is 13.8 Å². The topological polar surface area (TPSA) is 76.0 Å². The summed E-state index contributed by atoms with van der Waals surface area (Å²) >= 11 is 0. The van der Waals surface area contributed by atoms with Crippen molar-refractivity contribution in [2.45, 2.75) is 12.8 Å². The number of nitrogens with one attached hydrogen (secondary N) is 2. The van der Waals surface area contributed by atoms with Crippen LogP contribution in [0.2, 0.25) is 0 Å². The molecule has 2 aromatic rings. The first-order valence-corrected chi connectivity index (χ1v) is 8.57. The SMILES string of the molecule is Cn1ccc(Nc2ccccc2NS(=O)(=O)CCCCF)n1. The van der Waals surface area contributed by atoms with Gasteiger partial charge in [0, 0.05) is 19.3 Å². The fourth-order valence-electron chi connectivity index (χ4n) is 1.91. The van der Waals surface area contributed by atoms with E-state index >= 15 is 0 Å². The Morgan fingerprint density at radius 2 is 1.91 bits per heavy atom. The van der Waals surface area contributed by atoms with Crippen molar-refractivity contribution in [3.8, 4) is 0 Å². The number of benzene rings is 1. The molecule has 2 rings (SSSR count). The summed E-state index contributed by atoms with van der Waals surface area (Å²) in [6.07, 6.45) is 2.32. The number of hydrogen-bond acceptors (Lipinski definition) is 4. The molecule has 120 valence electrons. The molecule has 1 aromatic heterocycles. The summed E-state index contributed by atoms with van der Waals surface area (Å²) < 4.78 is 40.2. The number of halogens is 1. The van der Waals surface area contributed by atoms with E-state index < -0.39 is 16.7 Å². The number of para-hydroxylation sites is 2. The van der Waals surface area contributed by atoms with Gasteiger partial charge in [-0.2, -0.15) is 5.10 Å². The fourth-order valence-corrected chi connectivity index (χ4v) is 3.11. The molecule has 22 heavy (non-hydrogen) atoms. The Labute approximate surface area is 129 Å². The second-order valence-corrected chi connectivity index (χ2v) is 6.70. The monoisotopic (exact) mass is 326 g/mol. The van der Waals surface area contributed by atoms with E-state index in [0.29, 0.717) is 23.6 Å². The summed E-state index contributed by atoms with van der Waals surface area (Å²) in [5, 5.41) is 7.26. The zero-order chi connectivity index (χ0) is 16.0. The van der Waals surface area contributed by atoms with Gasteiger partial charge >= 0.3 is 0 Å². The molecular weight excluding hydrogens is 307 g/mol. The molecule has 0 aliphatic heterocycles. The standard InChI is InChI=1S/C14H19FN4O2S/c1-19-10-8-14(17-19)16-12-6-2-3-7-13(12)18-22(20,21)11-5-4-9-15/h2-3,6-8,10,18H,4-5,9,11H2,1H3,(H,16,17). The number of hydrogen-bond donors (Lipinski definition) is 2. The first-order valence-electron chi connectivity index (χ1n) is 6.92. The molecule has 0 atom stereocenters. The highest BCUT2D eigenvalue weighted by atomic mass is 32.2. The quantitative estimate of drug-likeness (QED) is 0.731. The molecule has 1 aromatic carbocycles. The molecule has 0 spiro atoms. The number of aromatic nitrogens is 2. The van der Waals surface area contributed by atoms with E-state index in [1.807, 2.05) is 0 Å². The molecule has 6 nitrogen and oxygen atoms in total. The Morgan fingerprint density at radius 3 is 2.55 bits per heavy atom. The molecular formula is C14H19FN4O2S. The van der Waals surface area contributed by atoms with E-state index in [0.717, 1.165) is 0 Å². The van der Waals surface area contributed by atoms with Gasteiger partial charge in [0.15, 0.2) is 5.82 Å². The van der Waals surface area contributed by atoms with E-state index in [1.165, 1.54) is 0 Å². The van der Waals surface area contributed by atoms with Crippen molar-refractivity contribution in [1.29, 1.82) is 0 Å². The van der Waals surface area contributed by atoms with Crippen LogP contribution in [0, 0.1) is 0 Å². The minimum absolute atomic E-state index is 0.102. The maximum atomic E-state index is 12.1. The van der Waals surface area contributed by atoms with Crippen molar-refractivity contribution in [3.05, 3.63) is 36.5 Å². The van der Waals surface area contributed by atoms with Crippen LogP contribution < -0.4 is 10.0 Å². The van der Waals surface area contributed by atoms with Crippen LogP contribution in [0.15, 0.2) is 36.5 Å². The predicted octanol–water partition coefficient (Wildman–Crippen LogP) is 2.66. The molecule has 0 aliphatic carbocycles. The average Bonchev–Trinajstić information content (AvgIpc) is 2.86. The summed E-state index contributed by atoms with van der Waals surface area (Å²) in [5.74, 6) is 0.515. The van der Waals surface area contributed by atoms with Crippen molar-refractivity contribution in [2.75, 3.05) is 22.5 Å². The fraction of sp³-hybridized carbons (Fsp3) is 0.357. The van der Waals surface area contributed by atoms with Gasteiger partial charge in [-0.05, 0) is 25.0 Å². The van der Waals surface area contributed by atoms with E-state index in [-0.39, 0.29) is 12.2 Å². The Kier molecular flexibility index (Phi) is 5.37. The van der Waals surface area contributed by atoms with Gasteiger partial charge in [0.2, 0.25) is 10.0 Å². The Balaban J connectivity index is 2.11. The van der Waals surface area contributed by atoms with Crippen LogP contribution in [0.3, 0.4) is 0 Å². The lowest BCUT2D eigenvalue weighted by atomic mass is 10.3. The third-order valence-corrected chi connectivity index (χ3v) is 4.32. The summed E-state index contributed by atoms with van der Waals surface area (Å²) in [6, 6.07) is 8.74. The van der Waals surface area contributed by atoms with Gasteiger partial charge < -0.3 is 5.32 Å². The third-order valence-electron chi connectivity index (χ3n) is 2.97. The predicted molar refractivity (Wildman–Crippen MR) is 85.6 cm³/mol. The molecule has 1 heterocycles. The number of nitrogens with zero attached hydrogens (tertiary/aromatic N) is 2. The Bertz CT molecular complexity index is 715. The molecule has 0 saturated heterocycles. The highest BCUT2D eigenvalue weighted by Crippen LogP contribution is 2.25. The minimum atomic E-state index is -3.50. The Hall–Kier alpha value is -2.09. The van der Waals surface area contributed by atoms with Crippen LogP contribution in [0.25, 0.3) is 0 Å². The summed E-state index contributed by atoms with van der Waals surface area (Å²) in [6.45, 7) is -0.507. The highest BCUT2D eigenvalue weighted by molar-refractivity contribution is 7.92. The van der Waals surface area contributed by atoms with Gasteiger partial charge in [-0.25, -0.2) is 8.42 Å². The molecule has 0 radical (unpaired) electrons. The van der Waals surface area contributed by atoms with E-state index in [2.05, 4.69) is 15.1 Å². The van der Waals surface area contributed by atoms with Crippen LogP contribution >= 0.6 is 0 Å². The normalized spacial score (nSPS) is 11.4. The van der Waals surface area contributed by atoms with Crippen LogP contribution in [0.4, 0.5) is 21.6 Å². The lowest BCUT2D eigenvalue weighted by molar-refractivity contribution is 0.468. The maximum absolute atomic E-state index is 12.1. The second-order valence-electron chi connectivity index (χ2n) is 4.86. The summed E-state index contributed by atoms with van der Waals surface area (Å²) in [7, 11) is -1.70. The number of anilines is 3. The van der Waals surface area contributed by atoms with E-state index in [9.17, 15) is 12.8 Å². The number of aryl methyl sites for hydroxylation is 1. The Morgan fingerprint density at radius 1 is 1.18 bits per heavy atom. The molecule has 0 fully saturated rings. The van der Waals surface area contributed by atoms with E-state index in [4.69, 9.17) is 0 Å². The van der Waals surface area contributed by atoms with Crippen molar-refractivity contribution >= 4 is 27.2 Å². The second kappa shape index (κ2) is 7.26.